The molecule has 0 atom stereocenters. The molecular formula is C18H42O5Si2. The highest BCUT2D eigenvalue weighted by Crippen LogP contribution is 2.03. The molecule has 0 rings (SSSR count). The van der Waals surface area contributed by atoms with Gasteiger partial charge in [0.1, 0.15) is 0 Å². The van der Waals surface area contributed by atoms with E-state index >= 15 is 0 Å². The van der Waals surface area contributed by atoms with Crippen molar-refractivity contribution in [1.29, 1.82) is 0 Å². The molecule has 0 unspecified atom stereocenters. The Morgan fingerprint density at radius 2 is 0.640 bits per heavy atom. The highest BCUT2D eigenvalue weighted by atomic mass is 28.4. The molecule has 25 heavy (non-hydrogen) atoms. The van der Waals surface area contributed by atoms with Gasteiger partial charge < -0.3 is 23.1 Å². The number of ether oxygens (including phenoxy) is 3. The third kappa shape index (κ3) is 24.2. The molecule has 152 valence electrons. The highest BCUT2D eigenvalue weighted by Gasteiger charge is 2.13. The van der Waals surface area contributed by atoms with Gasteiger partial charge in [-0.15, -0.1) is 0 Å². The molecule has 0 aliphatic heterocycles. The summed E-state index contributed by atoms with van der Waals surface area (Å²) in [6.07, 6.45) is 3.85. The molecule has 0 amide bonds. The molecule has 0 aliphatic carbocycles. The fourth-order valence-corrected chi connectivity index (χ4v) is 3.42. The van der Waals surface area contributed by atoms with Crippen LogP contribution in [0.15, 0.2) is 0 Å². The smallest absolute Gasteiger partial charge is 0.183 e. The van der Waals surface area contributed by atoms with Crippen LogP contribution >= 0.6 is 0 Å². The van der Waals surface area contributed by atoms with Gasteiger partial charge in [-0.2, -0.15) is 0 Å². The van der Waals surface area contributed by atoms with Crippen LogP contribution in [0.1, 0.15) is 25.7 Å². The maximum absolute atomic E-state index is 5.77. The van der Waals surface area contributed by atoms with Crippen LogP contribution in [0.2, 0.25) is 39.3 Å². The van der Waals surface area contributed by atoms with Crippen molar-refractivity contribution < 1.29 is 23.1 Å². The van der Waals surface area contributed by atoms with E-state index in [1.54, 1.807) is 0 Å². The van der Waals surface area contributed by atoms with Crippen molar-refractivity contribution in [3.8, 4) is 0 Å². The first kappa shape index (κ1) is 25.2. The van der Waals surface area contributed by atoms with E-state index in [2.05, 4.69) is 39.3 Å². The van der Waals surface area contributed by atoms with Gasteiger partial charge in [0.05, 0.1) is 0 Å². The zero-order valence-corrected chi connectivity index (χ0v) is 19.5. The summed E-state index contributed by atoms with van der Waals surface area (Å²) in [4.78, 5) is 0. The number of hydrogen-bond acceptors (Lipinski definition) is 5. The third-order valence-electron chi connectivity index (χ3n) is 3.09. The predicted molar refractivity (Wildman–Crippen MR) is 110 cm³/mol. The fourth-order valence-electron chi connectivity index (χ4n) is 1.91. The number of hydrogen-bond donors (Lipinski definition) is 0. The Morgan fingerprint density at radius 1 is 0.400 bits per heavy atom. The summed E-state index contributed by atoms with van der Waals surface area (Å²) in [6.45, 7) is 19.5. The molecule has 0 aliphatic rings. The molecule has 0 saturated carbocycles. The highest BCUT2D eigenvalue weighted by molar-refractivity contribution is 6.70. The maximum atomic E-state index is 5.77. The van der Waals surface area contributed by atoms with E-state index in [-0.39, 0.29) is 0 Å². The van der Waals surface area contributed by atoms with E-state index in [1.165, 1.54) is 0 Å². The molecule has 0 heterocycles. The SMILES string of the molecule is C[Si](C)(C)OCCCOCCCOCCCOCCCO[Si](C)(C)C. The zero-order valence-electron chi connectivity index (χ0n) is 17.5. The van der Waals surface area contributed by atoms with Crippen LogP contribution in [-0.2, 0) is 23.1 Å². The van der Waals surface area contributed by atoms with E-state index in [9.17, 15) is 0 Å². The first-order chi connectivity index (χ1) is 11.7. The summed E-state index contributed by atoms with van der Waals surface area (Å²) in [6, 6.07) is 0. The standard InChI is InChI=1S/C18H42O5Si2/c1-24(2,3)22-17-9-15-20-13-7-11-19-12-8-14-21-16-10-18-23-25(4,5)6/h7-18H2,1-6H3. The average molecular weight is 395 g/mol. The van der Waals surface area contributed by atoms with Crippen molar-refractivity contribution >= 4 is 16.6 Å². The summed E-state index contributed by atoms with van der Waals surface area (Å²) in [5.41, 5.74) is 0. The van der Waals surface area contributed by atoms with E-state index < -0.39 is 16.6 Å². The van der Waals surface area contributed by atoms with Gasteiger partial charge in [-0.05, 0) is 65.0 Å². The van der Waals surface area contributed by atoms with Crippen molar-refractivity contribution in [3.05, 3.63) is 0 Å². The molecule has 0 N–H and O–H groups in total. The lowest BCUT2D eigenvalue weighted by atomic mass is 10.4. The van der Waals surface area contributed by atoms with E-state index in [1.807, 2.05) is 0 Å². The topological polar surface area (TPSA) is 46.2 Å². The second-order valence-electron chi connectivity index (χ2n) is 8.17. The van der Waals surface area contributed by atoms with Gasteiger partial charge in [-0.1, -0.05) is 0 Å². The Labute approximate surface area is 158 Å². The minimum atomic E-state index is -1.36. The van der Waals surface area contributed by atoms with Gasteiger partial charge in [0.15, 0.2) is 16.6 Å². The molecule has 0 aromatic heterocycles. The van der Waals surface area contributed by atoms with Crippen LogP contribution in [0, 0.1) is 0 Å². The lowest BCUT2D eigenvalue weighted by Crippen LogP contribution is -2.26. The molecule has 5 nitrogen and oxygen atoms in total. The largest absolute Gasteiger partial charge is 0.418 e. The molecule has 0 aromatic carbocycles. The normalized spacial score (nSPS) is 12.7. The zero-order chi connectivity index (χ0) is 19.0. The van der Waals surface area contributed by atoms with Gasteiger partial charge >= 0.3 is 0 Å². The average Bonchev–Trinajstić information content (AvgIpc) is 2.48. The molecule has 7 heteroatoms. The van der Waals surface area contributed by atoms with E-state index in [0.717, 1.165) is 78.5 Å². The van der Waals surface area contributed by atoms with Gasteiger partial charge in [-0.3, -0.25) is 0 Å². The second-order valence-corrected chi connectivity index (χ2v) is 17.2. The Kier molecular flexibility index (Phi) is 15.5. The van der Waals surface area contributed by atoms with Crippen LogP contribution in [-0.4, -0.2) is 69.5 Å². The Bertz CT molecular complexity index is 262. The molecule has 0 spiro atoms. The molecule has 0 aromatic rings. The van der Waals surface area contributed by atoms with Gasteiger partial charge in [-0.25, -0.2) is 0 Å². The molecule has 0 bridgehead atoms. The summed E-state index contributed by atoms with van der Waals surface area (Å²) in [5, 5.41) is 0. The van der Waals surface area contributed by atoms with Crippen LogP contribution in [0.5, 0.6) is 0 Å². The lowest BCUT2D eigenvalue weighted by molar-refractivity contribution is 0.0586. The van der Waals surface area contributed by atoms with Gasteiger partial charge in [0.25, 0.3) is 0 Å². The summed E-state index contributed by atoms with van der Waals surface area (Å²) in [7, 11) is -2.72. The molecular weight excluding hydrogens is 352 g/mol. The first-order valence-electron chi connectivity index (χ1n) is 9.72. The molecule has 0 radical (unpaired) electrons. The monoisotopic (exact) mass is 394 g/mol. The van der Waals surface area contributed by atoms with Crippen molar-refractivity contribution in [2.24, 2.45) is 0 Å². The quantitative estimate of drug-likeness (QED) is 0.256. The Balaban J connectivity index is 3.08. The molecule has 0 fully saturated rings. The second kappa shape index (κ2) is 15.3. The van der Waals surface area contributed by atoms with Crippen LogP contribution < -0.4 is 0 Å². The van der Waals surface area contributed by atoms with Crippen molar-refractivity contribution in [1.82, 2.24) is 0 Å². The Morgan fingerprint density at radius 3 is 0.880 bits per heavy atom. The third-order valence-corrected chi connectivity index (χ3v) is 5.23. The summed E-state index contributed by atoms with van der Waals surface area (Å²) < 4.78 is 28.3. The first-order valence-corrected chi connectivity index (χ1v) is 16.5. The predicted octanol–water partition coefficient (Wildman–Crippen LogP) is 4.30. The van der Waals surface area contributed by atoms with Crippen molar-refractivity contribution in [2.75, 3.05) is 52.9 Å². The fraction of sp³-hybridized carbons (Fsp3) is 1.00. The van der Waals surface area contributed by atoms with Crippen molar-refractivity contribution in [2.45, 2.75) is 65.0 Å². The van der Waals surface area contributed by atoms with Crippen LogP contribution in [0.3, 0.4) is 0 Å². The van der Waals surface area contributed by atoms with Crippen LogP contribution in [0.4, 0.5) is 0 Å². The maximum Gasteiger partial charge on any atom is 0.183 e. The number of rotatable bonds is 18. The minimum Gasteiger partial charge on any atom is -0.418 e. The van der Waals surface area contributed by atoms with E-state index in [0.29, 0.717) is 0 Å². The molecule has 0 saturated heterocycles. The lowest BCUT2D eigenvalue weighted by Gasteiger charge is -2.16. The van der Waals surface area contributed by atoms with E-state index in [4.69, 9.17) is 23.1 Å². The van der Waals surface area contributed by atoms with Gasteiger partial charge in [0.2, 0.25) is 0 Å². The summed E-state index contributed by atoms with van der Waals surface area (Å²) >= 11 is 0. The van der Waals surface area contributed by atoms with Gasteiger partial charge in [0, 0.05) is 52.9 Å². The minimum absolute atomic E-state index is 0.759. The van der Waals surface area contributed by atoms with Crippen LogP contribution in [0.25, 0.3) is 0 Å². The Hall–Kier alpha value is 0.234. The van der Waals surface area contributed by atoms with Crippen molar-refractivity contribution in [3.63, 3.8) is 0 Å². The summed E-state index contributed by atoms with van der Waals surface area (Å²) in [5.74, 6) is 0.